The lowest BCUT2D eigenvalue weighted by atomic mass is 10.1. The molecule has 0 aromatic carbocycles. The summed E-state index contributed by atoms with van der Waals surface area (Å²) >= 11 is 1.85. The SMILES string of the molecule is CSCCCCCCNC(=O)c1c(C)[nH]c(C(=O)O)c1C. The molecule has 3 N–H and O–H groups in total. The second-order valence-corrected chi connectivity index (χ2v) is 6.08. The maximum atomic E-state index is 12.1. The number of amides is 1. The monoisotopic (exact) mass is 312 g/mol. The number of carboxylic acids is 1. The van der Waals surface area contributed by atoms with Crippen molar-refractivity contribution in [3.63, 3.8) is 0 Å². The number of hydrogen-bond acceptors (Lipinski definition) is 3. The second kappa shape index (κ2) is 8.77. The van der Waals surface area contributed by atoms with Gasteiger partial charge < -0.3 is 15.4 Å². The highest BCUT2D eigenvalue weighted by molar-refractivity contribution is 7.98. The van der Waals surface area contributed by atoms with Crippen molar-refractivity contribution in [1.29, 1.82) is 0 Å². The predicted molar refractivity (Wildman–Crippen MR) is 86.4 cm³/mol. The Kier molecular flexibility index (Phi) is 7.36. The molecule has 1 rings (SSSR count). The van der Waals surface area contributed by atoms with E-state index in [4.69, 9.17) is 5.11 Å². The van der Waals surface area contributed by atoms with Crippen LogP contribution in [0, 0.1) is 13.8 Å². The standard InChI is InChI=1S/C15H24N2O3S/c1-10-12(11(2)17-13(10)15(19)20)14(18)16-8-6-4-5-7-9-21-3/h17H,4-9H2,1-3H3,(H,16,18)(H,19,20). The van der Waals surface area contributed by atoms with Gasteiger partial charge in [0.2, 0.25) is 0 Å². The summed E-state index contributed by atoms with van der Waals surface area (Å²) in [6.45, 7) is 4.01. The van der Waals surface area contributed by atoms with Gasteiger partial charge in [-0.15, -0.1) is 0 Å². The molecule has 0 atom stereocenters. The van der Waals surface area contributed by atoms with Crippen LogP contribution < -0.4 is 5.32 Å². The van der Waals surface area contributed by atoms with E-state index in [1.165, 1.54) is 18.6 Å². The molecule has 1 aromatic rings. The Bertz CT molecular complexity index is 497. The molecular weight excluding hydrogens is 288 g/mol. The van der Waals surface area contributed by atoms with Crippen LogP contribution in [0.1, 0.15) is 57.8 Å². The van der Waals surface area contributed by atoms with Gasteiger partial charge in [0.25, 0.3) is 5.91 Å². The second-order valence-electron chi connectivity index (χ2n) is 5.09. The first-order chi connectivity index (χ1) is 9.99. The van der Waals surface area contributed by atoms with Crippen molar-refractivity contribution in [2.45, 2.75) is 39.5 Å². The molecule has 0 aliphatic rings. The fraction of sp³-hybridized carbons (Fsp3) is 0.600. The molecule has 0 unspecified atom stereocenters. The molecule has 1 amide bonds. The Balaban J connectivity index is 2.44. The van der Waals surface area contributed by atoms with Gasteiger partial charge >= 0.3 is 5.97 Å². The summed E-state index contributed by atoms with van der Waals surface area (Å²) in [6, 6.07) is 0. The number of carboxylic acid groups (broad SMARTS) is 1. The van der Waals surface area contributed by atoms with E-state index in [-0.39, 0.29) is 11.6 Å². The van der Waals surface area contributed by atoms with Gasteiger partial charge in [-0.05, 0) is 44.3 Å². The molecule has 0 bridgehead atoms. The molecule has 0 fully saturated rings. The molecule has 1 heterocycles. The molecule has 0 saturated heterocycles. The lowest BCUT2D eigenvalue weighted by Crippen LogP contribution is -2.25. The van der Waals surface area contributed by atoms with Crippen LogP contribution in [0.15, 0.2) is 0 Å². The highest BCUT2D eigenvalue weighted by Crippen LogP contribution is 2.17. The number of aromatic carboxylic acids is 1. The van der Waals surface area contributed by atoms with E-state index in [0.29, 0.717) is 23.4 Å². The largest absolute Gasteiger partial charge is 0.477 e. The van der Waals surface area contributed by atoms with E-state index in [9.17, 15) is 9.59 Å². The van der Waals surface area contributed by atoms with Gasteiger partial charge in [-0.3, -0.25) is 4.79 Å². The summed E-state index contributed by atoms with van der Waals surface area (Å²) in [5, 5.41) is 11.9. The lowest BCUT2D eigenvalue weighted by molar-refractivity contribution is 0.0690. The topological polar surface area (TPSA) is 82.2 Å². The molecule has 0 radical (unpaired) electrons. The molecule has 0 saturated carbocycles. The minimum atomic E-state index is -1.04. The van der Waals surface area contributed by atoms with Crippen LogP contribution in [0.3, 0.4) is 0 Å². The molecule has 118 valence electrons. The number of aromatic nitrogens is 1. The van der Waals surface area contributed by atoms with Gasteiger partial charge in [0.15, 0.2) is 0 Å². The first-order valence-corrected chi connectivity index (χ1v) is 8.58. The summed E-state index contributed by atoms with van der Waals surface area (Å²) in [5.74, 6) is -0.0483. The normalized spacial score (nSPS) is 10.6. The van der Waals surface area contributed by atoms with Crippen molar-refractivity contribution in [2.24, 2.45) is 0 Å². The quantitative estimate of drug-likeness (QED) is 0.612. The zero-order valence-corrected chi connectivity index (χ0v) is 13.7. The number of aryl methyl sites for hydroxylation is 1. The van der Waals surface area contributed by atoms with Crippen LogP contribution in [0.4, 0.5) is 0 Å². The molecule has 1 aromatic heterocycles. The van der Waals surface area contributed by atoms with Crippen molar-refractivity contribution in [3.8, 4) is 0 Å². The van der Waals surface area contributed by atoms with E-state index >= 15 is 0 Å². The lowest BCUT2D eigenvalue weighted by Gasteiger charge is -2.06. The number of hydrogen-bond donors (Lipinski definition) is 3. The molecule has 5 nitrogen and oxygen atoms in total. The molecule has 0 spiro atoms. The fourth-order valence-corrected chi connectivity index (χ4v) is 2.81. The van der Waals surface area contributed by atoms with Crippen molar-refractivity contribution in [3.05, 3.63) is 22.5 Å². The third-order valence-corrected chi connectivity index (χ3v) is 4.14. The third kappa shape index (κ3) is 5.12. The molecule has 0 aliphatic carbocycles. The van der Waals surface area contributed by atoms with Gasteiger partial charge in [0.05, 0.1) is 5.56 Å². The van der Waals surface area contributed by atoms with Crippen LogP contribution in [0.5, 0.6) is 0 Å². The molecule has 6 heteroatoms. The number of rotatable bonds is 9. The van der Waals surface area contributed by atoms with Gasteiger partial charge in [-0.25, -0.2) is 4.79 Å². The Morgan fingerprint density at radius 3 is 2.43 bits per heavy atom. The number of thioether (sulfide) groups is 1. The maximum Gasteiger partial charge on any atom is 0.352 e. The van der Waals surface area contributed by atoms with Crippen LogP contribution in [-0.4, -0.2) is 40.5 Å². The van der Waals surface area contributed by atoms with Crippen molar-refractivity contribution in [2.75, 3.05) is 18.6 Å². The van der Waals surface area contributed by atoms with Crippen LogP contribution in [0.2, 0.25) is 0 Å². The summed E-state index contributed by atoms with van der Waals surface area (Å²) in [4.78, 5) is 25.9. The van der Waals surface area contributed by atoms with Gasteiger partial charge in [0, 0.05) is 12.2 Å². The Morgan fingerprint density at radius 2 is 1.86 bits per heavy atom. The summed E-state index contributed by atoms with van der Waals surface area (Å²) in [7, 11) is 0. The summed E-state index contributed by atoms with van der Waals surface area (Å²) < 4.78 is 0. The fourth-order valence-electron chi connectivity index (χ4n) is 2.32. The van der Waals surface area contributed by atoms with E-state index in [1.807, 2.05) is 11.8 Å². The zero-order valence-electron chi connectivity index (χ0n) is 12.9. The molecule has 21 heavy (non-hydrogen) atoms. The average Bonchev–Trinajstić information content (AvgIpc) is 2.73. The minimum Gasteiger partial charge on any atom is -0.477 e. The van der Waals surface area contributed by atoms with E-state index in [1.54, 1.807) is 13.8 Å². The Morgan fingerprint density at radius 1 is 1.19 bits per heavy atom. The highest BCUT2D eigenvalue weighted by Gasteiger charge is 2.20. The number of unbranched alkanes of at least 4 members (excludes halogenated alkanes) is 3. The molecular formula is C15H24N2O3S. The van der Waals surface area contributed by atoms with Crippen molar-refractivity contribution < 1.29 is 14.7 Å². The molecule has 0 aliphatic heterocycles. The van der Waals surface area contributed by atoms with E-state index in [0.717, 1.165) is 12.8 Å². The van der Waals surface area contributed by atoms with E-state index in [2.05, 4.69) is 16.6 Å². The Hall–Kier alpha value is -1.43. The van der Waals surface area contributed by atoms with Gasteiger partial charge in [0.1, 0.15) is 5.69 Å². The van der Waals surface area contributed by atoms with Gasteiger partial charge in [-0.1, -0.05) is 12.8 Å². The van der Waals surface area contributed by atoms with E-state index < -0.39 is 5.97 Å². The Labute approximate surface area is 129 Å². The zero-order chi connectivity index (χ0) is 15.8. The third-order valence-electron chi connectivity index (χ3n) is 3.44. The van der Waals surface area contributed by atoms with Crippen LogP contribution >= 0.6 is 11.8 Å². The number of aromatic amines is 1. The summed E-state index contributed by atoms with van der Waals surface area (Å²) in [5.41, 5.74) is 1.64. The number of H-pyrrole nitrogens is 1. The average molecular weight is 312 g/mol. The number of carbonyl (C=O) groups excluding carboxylic acids is 1. The number of nitrogens with one attached hydrogen (secondary N) is 2. The predicted octanol–water partition coefficient (Wildman–Crippen LogP) is 2.98. The van der Waals surface area contributed by atoms with Crippen molar-refractivity contribution in [1.82, 2.24) is 10.3 Å². The summed E-state index contributed by atoms with van der Waals surface area (Å²) in [6.07, 6.45) is 6.56. The first kappa shape index (κ1) is 17.6. The first-order valence-electron chi connectivity index (χ1n) is 7.18. The maximum absolute atomic E-state index is 12.1. The minimum absolute atomic E-state index is 0.0923. The van der Waals surface area contributed by atoms with Crippen LogP contribution in [0.25, 0.3) is 0 Å². The smallest absolute Gasteiger partial charge is 0.352 e. The highest BCUT2D eigenvalue weighted by atomic mass is 32.2. The van der Waals surface area contributed by atoms with Gasteiger partial charge in [-0.2, -0.15) is 11.8 Å². The number of carbonyl (C=O) groups is 2. The van der Waals surface area contributed by atoms with Crippen LogP contribution in [-0.2, 0) is 0 Å². The van der Waals surface area contributed by atoms with Crippen molar-refractivity contribution >= 4 is 23.6 Å².